The van der Waals surface area contributed by atoms with Gasteiger partial charge >= 0.3 is 12.0 Å². The number of aryl methyl sites for hydroxylation is 1. The molecule has 146 valence electrons. The lowest BCUT2D eigenvalue weighted by Crippen LogP contribution is -2.48. The number of esters is 1. The van der Waals surface area contributed by atoms with Crippen molar-refractivity contribution in [3.05, 3.63) is 63.5 Å². The Morgan fingerprint density at radius 2 is 2.14 bits per heavy atom. The summed E-state index contributed by atoms with van der Waals surface area (Å²) in [6.45, 7) is 3.41. The van der Waals surface area contributed by atoms with Gasteiger partial charge in [-0.1, -0.05) is 24.3 Å². The Hall–Kier alpha value is -2.80. The Bertz CT molecular complexity index is 907. The minimum Gasteiger partial charge on any atom is -0.463 e. The smallest absolute Gasteiger partial charge is 0.338 e. The molecule has 28 heavy (non-hydrogen) atoms. The third-order valence-electron chi connectivity index (χ3n) is 5.03. The van der Waals surface area contributed by atoms with Crippen LogP contribution < -0.4 is 15.5 Å². The highest BCUT2D eigenvalue weighted by atomic mass is 32.1. The molecule has 2 amide bonds. The number of nitrogens with zero attached hydrogens (tertiary/aromatic N) is 1. The van der Waals surface area contributed by atoms with Gasteiger partial charge in [-0.2, -0.15) is 0 Å². The van der Waals surface area contributed by atoms with E-state index in [1.807, 2.05) is 29.6 Å². The number of hydrogen-bond donors (Lipinski definition) is 2. The molecule has 1 aromatic heterocycles. The average Bonchev–Trinajstić information content (AvgIpc) is 3.23. The Morgan fingerprint density at radius 1 is 1.29 bits per heavy atom. The number of anilines is 1. The van der Waals surface area contributed by atoms with Crippen molar-refractivity contribution in [3.8, 4) is 0 Å². The number of amides is 2. The van der Waals surface area contributed by atoms with Crippen LogP contribution in [0.15, 0.2) is 53.0 Å². The number of hydrogen-bond acceptors (Lipinski definition) is 5. The number of nitrogens with one attached hydrogen (secondary N) is 2. The van der Waals surface area contributed by atoms with Crippen molar-refractivity contribution >= 4 is 29.0 Å². The maximum atomic E-state index is 12.8. The van der Waals surface area contributed by atoms with Crippen LogP contribution in [-0.2, 0) is 16.0 Å². The first-order valence-electron chi connectivity index (χ1n) is 9.51. The van der Waals surface area contributed by atoms with E-state index in [1.165, 1.54) is 16.9 Å². The molecule has 0 radical (unpaired) electrons. The summed E-state index contributed by atoms with van der Waals surface area (Å²) in [5.74, 6) is -0.395. The lowest BCUT2D eigenvalue weighted by molar-refractivity contribution is -0.139. The molecule has 4 rings (SSSR count). The molecule has 1 aromatic carbocycles. The van der Waals surface area contributed by atoms with Gasteiger partial charge in [-0.05, 0) is 42.8 Å². The average molecular weight is 398 g/mol. The van der Waals surface area contributed by atoms with Crippen LogP contribution in [0.2, 0.25) is 0 Å². The summed E-state index contributed by atoms with van der Waals surface area (Å²) in [6.07, 6.45) is 2.09. The molecule has 1 atom stereocenters. The summed E-state index contributed by atoms with van der Waals surface area (Å²) >= 11 is 1.51. The number of carbonyl (C=O) groups is 2. The summed E-state index contributed by atoms with van der Waals surface area (Å²) < 4.78 is 5.33. The monoisotopic (exact) mass is 397 g/mol. The zero-order chi connectivity index (χ0) is 19.5. The van der Waals surface area contributed by atoms with E-state index in [0.29, 0.717) is 17.8 Å². The highest BCUT2D eigenvalue weighted by Crippen LogP contribution is 2.33. The molecule has 0 aliphatic carbocycles. The van der Waals surface area contributed by atoms with E-state index in [-0.39, 0.29) is 12.6 Å². The predicted octanol–water partition coefficient (Wildman–Crippen LogP) is 3.37. The number of fused-ring (bicyclic) bond motifs is 1. The second-order valence-corrected chi connectivity index (χ2v) is 7.79. The predicted molar refractivity (Wildman–Crippen MR) is 109 cm³/mol. The second kappa shape index (κ2) is 8.06. The van der Waals surface area contributed by atoms with Gasteiger partial charge in [-0.3, -0.25) is 0 Å². The molecule has 2 aliphatic heterocycles. The molecule has 2 aliphatic rings. The van der Waals surface area contributed by atoms with Gasteiger partial charge in [0.05, 0.1) is 30.5 Å². The van der Waals surface area contributed by atoms with Crippen LogP contribution >= 0.6 is 11.3 Å². The van der Waals surface area contributed by atoms with Gasteiger partial charge in [0.2, 0.25) is 0 Å². The Labute approximate surface area is 168 Å². The van der Waals surface area contributed by atoms with E-state index in [2.05, 4.69) is 27.7 Å². The molecule has 0 saturated heterocycles. The first-order chi connectivity index (χ1) is 13.7. The van der Waals surface area contributed by atoms with Crippen molar-refractivity contribution < 1.29 is 14.3 Å². The summed E-state index contributed by atoms with van der Waals surface area (Å²) in [7, 11) is 0. The standard InChI is InChI=1S/C21H23N3O3S/c1-2-27-20(25)18-15(22-21(26)23-19(18)17-10-6-12-28-17)13-24-11-5-8-14-7-3-4-9-16(14)24/h3-4,6-7,9-10,12,19H,2,5,8,11,13H2,1H3,(H2,22,23,26). The molecular weight excluding hydrogens is 374 g/mol. The molecule has 2 aromatic rings. The fourth-order valence-corrected chi connectivity index (χ4v) is 4.61. The van der Waals surface area contributed by atoms with Crippen LogP contribution in [0.4, 0.5) is 10.5 Å². The Balaban J connectivity index is 1.73. The topological polar surface area (TPSA) is 70.7 Å². The number of ether oxygens (including phenoxy) is 1. The van der Waals surface area contributed by atoms with Crippen LogP contribution in [0.5, 0.6) is 0 Å². The Morgan fingerprint density at radius 3 is 2.93 bits per heavy atom. The molecule has 0 bridgehead atoms. The molecule has 3 heterocycles. The van der Waals surface area contributed by atoms with E-state index in [9.17, 15) is 9.59 Å². The molecule has 0 spiro atoms. The van der Waals surface area contributed by atoms with Gasteiger partial charge in [-0.15, -0.1) is 11.3 Å². The zero-order valence-corrected chi connectivity index (χ0v) is 16.6. The molecule has 2 N–H and O–H groups in total. The molecular formula is C21H23N3O3S. The van der Waals surface area contributed by atoms with Gasteiger partial charge < -0.3 is 20.3 Å². The number of benzene rings is 1. The third kappa shape index (κ3) is 3.62. The van der Waals surface area contributed by atoms with Gasteiger partial charge in [0, 0.05) is 17.1 Å². The maximum absolute atomic E-state index is 12.8. The summed E-state index contributed by atoms with van der Waals surface area (Å²) in [5.41, 5.74) is 3.54. The number of para-hydroxylation sites is 1. The number of urea groups is 1. The van der Waals surface area contributed by atoms with E-state index in [4.69, 9.17) is 4.74 Å². The lowest BCUT2D eigenvalue weighted by atomic mass is 9.98. The summed E-state index contributed by atoms with van der Waals surface area (Å²) in [5, 5.41) is 7.68. The van der Waals surface area contributed by atoms with Crippen molar-refractivity contribution in [2.45, 2.75) is 25.8 Å². The quantitative estimate of drug-likeness (QED) is 0.759. The fraction of sp³-hybridized carbons (Fsp3) is 0.333. The number of carbonyl (C=O) groups excluding carboxylic acids is 2. The van der Waals surface area contributed by atoms with Crippen LogP contribution in [0, 0.1) is 0 Å². The van der Waals surface area contributed by atoms with Crippen LogP contribution in [0.1, 0.15) is 29.8 Å². The summed E-state index contributed by atoms with van der Waals surface area (Å²) in [6, 6.07) is 11.3. The zero-order valence-electron chi connectivity index (χ0n) is 15.7. The maximum Gasteiger partial charge on any atom is 0.338 e. The SMILES string of the molecule is CCOC(=O)C1=C(CN2CCCc3ccccc32)NC(=O)NC1c1cccs1. The van der Waals surface area contributed by atoms with Crippen molar-refractivity contribution in [2.24, 2.45) is 0 Å². The van der Waals surface area contributed by atoms with Gasteiger partial charge in [0.1, 0.15) is 0 Å². The van der Waals surface area contributed by atoms with Crippen LogP contribution in [0.3, 0.4) is 0 Å². The van der Waals surface area contributed by atoms with Crippen LogP contribution in [0.25, 0.3) is 0 Å². The third-order valence-corrected chi connectivity index (χ3v) is 5.97. The van der Waals surface area contributed by atoms with Gasteiger partial charge in [0.25, 0.3) is 0 Å². The van der Waals surface area contributed by atoms with Crippen molar-refractivity contribution in [2.75, 3.05) is 24.6 Å². The van der Waals surface area contributed by atoms with Crippen LogP contribution in [-0.4, -0.2) is 31.7 Å². The normalized spacial score (nSPS) is 19.0. The largest absolute Gasteiger partial charge is 0.463 e. The van der Waals surface area contributed by atoms with E-state index < -0.39 is 12.0 Å². The van der Waals surface area contributed by atoms with Crippen molar-refractivity contribution in [1.29, 1.82) is 0 Å². The van der Waals surface area contributed by atoms with Crippen molar-refractivity contribution in [3.63, 3.8) is 0 Å². The highest BCUT2D eigenvalue weighted by Gasteiger charge is 2.35. The minimum absolute atomic E-state index is 0.285. The highest BCUT2D eigenvalue weighted by molar-refractivity contribution is 7.10. The molecule has 6 nitrogen and oxygen atoms in total. The van der Waals surface area contributed by atoms with Gasteiger partial charge in [-0.25, -0.2) is 9.59 Å². The van der Waals surface area contributed by atoms with Gasteiger partial charge in [0.15, 0.2) is 0 Å². The Kier molecular flexibility index (Phi) is 5.34. The first kappa shape index (κ1) is 18.6. The summed E-state index contributed by atoms with van der Waals surface area (Å²) in [4.78, 5) is 28.3. The molecule has 7 heteroatoms. The van der Waals surface area contributed by atoms with E-state index in [0.717, 1.165) is 30.0 Å². The van der Waals surface area contributed by atoms with Crippen molar-refractivity contribution in [1.82, 2.24) is 10.6 Å². The van der Waals surface area contributed by atoms with E-state index in [1.54, 1.807) is 6.92 Å². The number of thiophene rings is 1. The number of rotatable bonds is 5. The molecule has 0 saturated carbocycles. The van der Waals surface area contributed by atoms with E-state index >= 15 is 0 Å². The fourth-order valence-electron chi connectivity index (χ4n) is 3.83. The lowest BCUT2D eigenvalue weighted by Gasteiger charge is -2.35. The minimum atomic E-state index is -0.497. The molecule has 1 unspecified atom stereocenters. The first-order valence-corrected chi connectivity index (χ1v) is 10.4. The second-order valence-electron chi connectivity index (χ2n) is 6.81. The molecule has 0 fully saturated rings.